The first-order valence-electron chi connectivity index (χ1n) is 10.8. The number of hydrogen-bond acceptors (Lipinski definition) is 4. The lowest BCUT2D eigenvalue weighted by Crippen LogP contribution is -2.53. The number of aryl methyl sites for hydroxylation is 1. The van der Waals surface area contributed by atoms with Crippen molar-refractivity contribution in [1.29, 1.82) is 0 Å². The summed E-state index contributed by atoms with van der Waals surface area (Å²) in [5.41, 5.74) is 3.60. The van der Waals surface area contributed by atoms with Gasteiger partial charge in [0.25, 0.3) is 5.91 Å². The number of carbonyl (C=O) groups is 1. The molecule has 1 amide bonds. The Kier molecular flexibility index (Phi) is 3.79. The molecule has 1 saturated heterocycles. The van der Waals surface area contributed by atoms with Crippen molar-refractivity contribution in [2.75, 3.05) is 24.5 Å². The minimum Gasteiger partial charge on any atom is -0.355 e. The number of anilines is 1. The molecule has 0 unspecified atom stereocenters. The van der Waals surface area contributed by atoms with Gasteiger partial charge in [0.05, 0.1) is 11.4 Å². The molecule has 0 aromatic carbocycles. The van der Waals surface area contributed by atoms with Crippen molar-refractivity contribution in [2.24, 2.45) is 5.92 Å². The number of amides is 1. The predicted octanol–water partition coefficient (Wildman–Crippen LogP) is 3.55. The second kappa shape index (κ2) is 6.42. The number of nitrogens with zero attached hydrogens (tertiary/aromatic N) is 5. The van der Waals surface area contributed by atoms with Crippen LogP contribution in [0.4, 0.5) is 5.69 Å². The summed E-state index contributed by atoms with van der Waals surface area (Å²) in [7, 11) is 0. The van der Waals surface area contributed by atoms with Crippen molar-refractivity contribution in [3.63, 3.8) is 0 Å². The molecule has 3 aromatic rings. The van der Waals surface area contributed by atoms with E-state index >= 15 is 0 Å². The van der Waals surface area contributed by atoms with Gasteiger partial charge in [-0.1, -0.05) is 6.07 Å². The van der Waals surface area contributed by atoms with E-state index in [1.54, 1.807) is 0 Å². The summed E-state index contributed by atoms with van der Waals surface area (Å²) in [5.74, 6) is 1.76. The third kappa shape index (κ3) is 2.59. The highest BCUT2D eigenvalue weighted by Crippen LogP contribution is 2.49. The summed E-state index contributed by atoms with van der Waals surface area (Å²) in [6.45, 7) is 4.36. The first-order chi connectivity index (χ1) is 14.7. The molecule has 0 N–H and O–H groups in total. The van der Waals surface area contributed by atoms with Crippen molar-refractivity contribution in [1.82, 2.24) is 19.4 Å². The molecule has 1 spiro atoms. The van der Waals surface area contributed by atoms with Crippen molar-refractivity contribution < 1.29 is 4.79 Å². The minimum absolute atomic E-state index is 0.0250. The maximum atomic E-state index is 13.3. The number of pyridine rings is 2. The Morgan fingerprint density at radius 3 is 2.90 bits per heavy atom. The molecular weight excluding hydrogens is 374 g/mol. The molecule has 6 nitrogen and oxygen atoms in total. The fourth-order valence-corrected chi connectivity index (χ4v) is 5.15. The van der Waals surface area contributed by atoms with Crippen LogP contribution in [0.25, 0.3) is 5.82 Å². The zero-order valence-corrected chi connectivity index (χ0v) is 17.2. The second-order valence-electron chi connectivity index (χ2n) is 8.84. The van der Waals surface area contributed by atoms with Crippen LogP contribution in [0.2, 0.25) is 0 Å². The molecule has 152 valence electrons. The first kappa shape index (κ1) is 17.7. The van der Waals surface area contributed by atoms with Crippen LogP contribution in [-0.4, -0.2) is 45.0 Å². The van der Waals surface area contributed by atoms with Gasteiger partial charge in [-0.05, 0) is 68.5 Å². The third-order valence-corrected chi connectivity index (χ3v) is 6.81. The summed E-state index contributed by atoms with van der Waals surface area (Å²) < 4.78 is 2.22. The fourth-order valence-electron chi connectivity index (χ4n) is 5.15. The lowest BCUT2D eigenvalue weighted by atomic mass is 9.88. The zero-order valence-electron chi connectivity index (χ0n) is 17.2. The van der Waals surface area contributed by atoms with E-state index in [2.05, 4.69) is 38.8 Å². The molecule has 3 aromatic heterocycles. The average Bonchev–Trinajstić information content (AvgIpc) is 3.25. The Balaban J connectivity index is 1.42. The molecule has 1 saturated carbocycles. The lowest BCUT2D eigenvalue weighted by Gasteiger charge is -2.47. The Morgan fingerprint density at radius 2 is 2.07 bits per heavy atom. The van der Waals surface area contributed by atoms with E-state index in [9.17, 15) is 4.79 Å². The normalized spacial score (nSPS) is 22.3. The van der Waals surface area contributed by atoms with E-state index in [0.29, 0.717) is 12.2 Å². The highest BCUT2D eigenvalue weighted by molar-refractivity contribution is 5.92. The maximum absolute atomic E-state index is 13.3. The van der Waals surface area contributed by atoms with Crippen LogP contribution in [0.3, 0.4) is 0 Å². The molecule has 0 bridgehead atoms. The van der Waals surface area contributed by atoms with E-state index in [1.807, 2.05) is 42.3 Å². The monoisotopic (exact) mass is 399 g/mol. The summed E-state index contributed by atoms with van der Waals surface area (Å²) in [6, 6.07) is 14.2. The van der Waals surface area contributed by atoms with E-state index < -0.39 is 0 Å². The number of likely N-dealkylation sites (tertiary alicyclic amines) is 1. The molecule has 1 atom stereocenters. The number of carbonyl (C=O) groups excluding carboxylic acids is 1. The van der Waals surface area contributed by atoms with Gasteiger partial charge in [0.2, 0.25) is 0 Å². The molecule has 2 aliphatic heterocycles. The predicted molar refractivity (Wildman–Crippen MR) is 115 cm³/mol. The van der Waals surface area contributed by atoms with Crippen molar-refractivity contribution in [3.05, 3.63) is 71.9 Å². The largest absolute Gasteiger partial charge is 0.355 e. The summed E-state index contributed by atoms with van der Waals surface area (Å²) in [6.07, 6.45) is 7.46. The number of fused-ring (bicyclic) bond motifs is 4. The van der Waals surface area contributed by atoms with Gasteiger partial charge >= 0.3 is 0 Å². The van der Waals surface area contributed by atoms with Gasteiger partial charge in [-0.15, -0.1) is 0 Å². The fraction of sp³-hybridized carbons (Fsp3) is 0.375. The van der Waals surface area contributed by atoms with Gasteiger partial charge in [-0.2, -0.15) is 0 Å². The SMILES string of the molecule is Cc1cccc(C(=O)N2CC[C@]3(C2)c2cccn2-c2ncccc2N3CC2CC2)n1. The van der Waals surface area contributed by atoms with Gasteiger partial charge in [0.1, 0.15) is 11.2 Å². The van der Waals surface area contributed by atoms with Crippen molar-refractivity contribution >= 4 is 11.6 Å². The Labute approximate surface area is 176 Å². The van der Waals surface area contributed by atoms with Gasteiger partial charge in [-0.25, -0.2) is 9.97 Å². The van der Waals surface area contributed by atoms with Crippen LogP contribution in [0.15, 0.2) is 54.9 Å². The second-order valence-corrected chi connectivity index (χ2v) is 8.84. The van der Waals surface area contributed by atoms with E-state index in [1.165, 1.54) is 24.2 Å². The van der Waals surface area contributed by atoms with Gasteiger partial charge in [-0.3, -0.25) is 4.79 Å². The highest BCUT2D eigenvalue weighted by Gasteiger charge is 2.51. The minimum atomic E-state index is -0.221. The Hall–Kier alpha value is -3.15. The topological polar surface area (TPSA) is 54.3 Å². The van der Waals surface area contributed by atoms with Crippen LogP contribution < -0.4 is 4.90 Å². The van der Waals surface area contributed by atoms with Crippen LogP contribution in [0.1, 0.15) is 41.1 Å². The van der Waals surface area contributed by atoms with Crippen LogP contribution in [0, 0.1) is 12.8 Å². The van der Waals surface area contributed by atoms with Crippen LogP contribution in [-0.2, 0) is 5.54 Å². The number of hydrogen-bond donors (Lipinski definition) is 0. The molecule has 6 heteroatoms. The Bertz CT molecular complexity index is 1130. The lowest BCUT2D eigenvalue weighted by molar-refractivity contribution is 0.0776. The standard InChI is InChI=1S/C24H25N5O/c1-17-5-2-6-19(26-17)23(30)27-14-11-24(16-27)21-8-4-13-28(21)22-20(7-3-12-25-22)29(24)15-18-9-10-18/h2-8,12-13,18H,9-11,14-16H2,1H3/t24-/m0/s1. The van der Waals surface area contributed by atoms with Crippen molar-refractivity contribution in [3.8, 4) is 5.82 Å². The molecule has 1 aliphatic carbocycles. The number of aromatic nitrogens is 3. The summed E-state index contributed by atoms with van der Waals surface area (Å²) in [4.78, 5) is 27.0. The molecule has 3 aliphatic rings. The van der Waals surface area contributed by atoms with Crippen LogP contribution >= 0.6 is 0 Å². The average molecular weight is 399 g/mol. The first-order valence-corrected chi connectivity index (χ1v) is 10.8. The zero-order chi connectivity index (χ0) is 20.3. The molecule has 6 rings (SSSR count). The van der Waals surface area contributed by atoms with Crippen molar-refractivity contribution in [2.45, 2.75) is 31.7 Å². The van der Waals surface area contributed by atoms with E-state index in [-0.39, 0.29) is 11.4 Å². The maximum Gasteiger partial charge on any atom is 0.272 e. The summed E-state index contributed by atoms with van der Waals surface area (Å²) in [5, 5.41) is 0. The highest BCUT2D eigenvalue weighted by atomic mass is 16.2. The third-order valence-electron chi connectivity index (χ3n) is 6.81. The number of rotatable bonds is 3. The Morgan fingerprint density at radius 1 is 1.17 bits per heavy atom. The molecule has 30 heavy (non-hydrogen) atoms. The van der Waals surface area contributed by atoms with Crippen LogP contribution in [0.5, 0.6) is 0 Å². The van der Waals surface area contributed by atoms with Gasteiger partial charge in [0.15, 0.2) is 5.82 Å². The molecule has 5 heterocycles. The van der Waals surface area contributed by atoms with Gasteiger partial charge in [0, 0.05) is 37.7 Å². The molecular formula is C24H25N5O. The summed E-state index contributed by atoms with van der Waals surface area (Å²) >= 11 is 0. The quantitative estimate of drug-likeness (QED) is 0.676. The smallest absolute Gasteiger partial charge is 0.272 e. The van der Waals surface area contributed by atoms with Gasteiger partial charge < -0.3 is 14.4 Å². The molecule has 2 fully saturated rings. The van der Waals surface area contributed by atoms with E-state index in [4.69, 9.17) is 4.98 Å². The van der Waals surface area contributed by atoms with E-state index in [0.717, 1.165) is 36.9 Å². The molecule has 0 radical (unpaired) electrons.